The van der Waals surface area contributed by atoms with Gasteiger partial charge in [0.1, 0.15) is 11.3 Å². The van der Waals surface area contributed by atoms with Crippen molar-refractivity contribution in [3.63, 3.8) is 0 Å². The van der Waals surface area contributed by atoms with Crippen LogP contribution in [0.1, 0.15) is 27.4 Å². The van der Waals surface area contributed by atoms with E-state index in [9.17, 15) is 4.79 Å². The Hall–Kier alpha value is -2.69. The zero-order chi connectivity index (χ0) is 19.7. The average molecular weight is 414 g/mol. The van der Waals surface area contributed by atoms with Crippen molar-refractivity contribution in [2.75, 3.05) is 0 Å². The second kappa shape index (κ2) is 7.74. The number of halogens is 2. The number of hydrogen-bond donors (Lipinski definition) is 0. The highest BCUT2D eigenvalue weighted by Gasteiger charge is 2.25. The van der Waals surface area contributed by atoms with Crippen LogP contribution in [-0.2, 0) is 13.1 Å². The third-order valence-electron chi connectivity index (χ3n) is 4.63. The van der Waals surface area contributed by atoms with E-state index in [4.69, 9.17) is 32.0 Å². The second-order valence-electron chi connectivity index (χ2n) is 6.53. The summed E-state index contributed by atoms with van der Waals surface area (Å²) in [5, 5.41) is 2.03. The van der Waals surface area contributed by atoms with Gasteiger partial charge in [0, 0.05) is 27.5 Å². The smallest absolute Gasteiger partial charge is 0.290 e. The molecule has 0 spiro atoms. The molecule has 2 heterocycles. The van der Waals surface area contributed by atoms with Gasteiger partial charge >= 0.3 is 0 Å². The Morgan fingerprint density at radius 1 is 1.04 bits per heavy atom. The molecule has 4 rings (SSSR count). The van der Waals surface area contributed by atoms with Gasteiger partial charge in [0.05, 0.1) is 12.8 Å². The minimum Gasteiger partial charge on any atom is -0.467 e. The topological polar surface area (TPSA) is 46.6 Å². The number of carbonyl (C=O) groups is 1. The van der Waals surface area contributed by atoms with E-state index in [2.05, 4.69) is 0 Å². The van der Waals surface area contributed by atoms with E-state index in [1.807, 2.05) is 31.2 Å². The Morgan fingerprint density at radius 3 is 2.61 bits per heavy atom. The van der Waals surface area contributed by atoms with Crippen LogP contribution in [0.2, 0.25) is 10.0 Å². The zero-order valence-electron chi connectivity index (χ0n) is 15.1. The zero-order valence-corrected chi connectivity index (χ0v) is 16.6. The fraction of sp³-hybridized carbons (Fsp3) is 0.136. The summed E-state index contributed by atoms with van der Waals surface area (Å²) in [6.07, 6.45) is 1.59. The van der Waals surface area contributed by atoms with Crippen LogP contribution in [-0.4, -0.2) is 10.8 Å². The average Bonchev–Trinajstić information content (AvgIpc) is 3.31. The lowest BCUT2D eigenvalue weighted by atomic mass is 10.1. The molecule has 6 heteroatoms. The van der Waals surface area contributed by atoms with Crippen LogP contribution in [0.25, 0.3) is 11.0 Å². The molecule has 2 aromatic heterocycles. The van der Waals surface area contributed by atoms with Gasteiger partial charge in [0.25, 0.3) is 5.91 Å². The highest BCUT2D eigenvalue weighted by molar-refractivity contribution is 6.31. The largest absolute Gasteiger partial charge is 0.467 e. The lowest BCUT2D eigenvalue weighted by molar-refractivity contribution is 0.0686. The monoisotopic (exact) mass is 413 g/mol. The van der Waals surface area contributed by atoms with Crippen molar-refractivity contribution in [1.82, 2.24) is 4.90 Å². The summed E-state index contributed by atoms with van der Waals surface area (Å²) in [7, 11) is 0. The first-order valence-corrected chi connectivity index (χ1v) is 9.52. The van der Waals surface area contributed by atoms with Crippen molar-refractivity contribution in [3.05, 3.63) is 93.6 Å². The molecule has 1 amide bonds. The maximum absolute atomic E-state index is 13.4. The molecular formula is C22H17Cl2NO3. The first-order valence-electron chi connectivity index (χ1n) is 8.76. The van der Waals surface area contributed by atoms with Gasteiger partial charge in [-0.15, -0.1) is 0 Å². The molecular weight excluding hydrogens is 397 g/mol. The summed E-state index contributed by atoms with van der Waals surface area (Å²) in [6.45, 7) is 2.49. The van der Waals surface area contributed by atoms with E-state index >= 15 is 0 Å². The fourth-order valence-corrected chi connectivity index (χ4v) is 3.53. The number of rotatable bonds is 5. The Kier molecular flexibility index (Phi) is 5.16. The molecule has 0 fully saturated rings. The number of carbonyl (C=O) groups excluding carboxylic acids is 1. The van der Waals surface area contributed by atoms with Gasteiger partial charge in [-0.3, -0.25) is 4.79 Å². The molecule has 0 unspecified atom stereocenters. The first-order chi connectivity index (χ1) is 13.5. The molecule has 0 bridgehead atoms. The summed E-state index contributed by atoms with van der Waals surface area (Å²) in [5.41, 5.74) is 2.23. The third kappa shape index (κ3) is 3.66. The Bertz CT molecular complexity index is 1130. The maximum Gasteiger partial charge on any atom is 0.290 e. The number of benzene rings is 2. The lowest BCUT2D eigenvalue weighted by Crippen LogP contribution is -2.30. The van der Waals surface area contributed by atoms with Gasteiger partial charge in [-0.05, 0) is 48.9 Å². The van der Waals surface area contributed by atoms with E-state index < -0.39 is 0 Å². The molecule has 0 aliphatic carbocycles. The minimum atomic E-state index is -0.235. The normalized spacial score (nSPS) is 11.1. The van der Waals surface area contributed by atoms with E-state index in [1.165, 1.54) is 0 Å². The second-order valence-corrected chi connectivity index (χ2v) is 7.37. The van der Waals surface area contributed by atoms with E-state index in [1.54, 1.807) is 41.5 Å². The van der Waals surface area contributed by atoms with E-state index in [-0.39, 0.29) is 11.7 Å². The molecule has 28 heavy (non-hydrogen) atoms. The molecule has 4 nitrogen and oxygen atoms in total. The number of fused-ring (bicyclic) bond motifs is 1. The summed E-state index contributed by atoms with van der Waals surface area (Å²) in [4.78, 5) is 15.0. The standard InChI is InChI=1S/C22H17Cl2NO3/c1-14-18-11-16(23)8-9-20(18)28-21(14)22(26)25(13-17-6-4-10-27-17)12-15-5-2-3-7-19(15)24/h2-11H,12-13H2,1H3. The van der Waals surface area contributed by atoms with Crippen molar-refractivity contribution in [3.8, 4) is 0 Å². The summed E-state index contributed by atoms with van der Waals surface area (Å²) in [6, 6.07) is 16.4. The van der Waals surface area contributed by atoms with Gasteiger partial charge in [0.2, 0.25) is 0 Å². The molecule has 0 saturated heterocycles. The number of hydrogen-bond acceptors (Lipinski definition) is 3. The molecule has 0 aliphatic rings. The van der Waals surface area contributed by atoms with Crippen LogP contribution < -0.4 is 0 Å². The molecule has 0 radical (unpaired) electrons. The van der Waals surface area contributed by atoms with Crippen molar-refractivity contribution >= 4 is 40.1 Å². The molecule has 0 atom stereocenters. The number of nitrogens with zero attached hydrogens (tertiary/aromatic N) is 1. The van der Waals surface area contributed by atoms with Crippen LogP contribution in [0.4, 0.5) is 0 Å². The van der Waals surface area contributed by atoms with Gasteiger partial charge < -0.3 is 13.7 Å². The predicted molar refractivity (Wildman–Crippen MR) is 110 cm³/mol. The summed E-state index contributed by atoms with van der Waals surface area (Å²) >= 11 is 12.4. The van der Waals surface area contributed by atoms with Crippen LogP contribution >= 0.6 is 23.2 Å². The van der Waals surface area contributed by atoms with Gasteiger partial charge in [0.15, 0.2) is 5.76 Å². The number of amides is 1. The summed E-state index contributed by atoms with van der Waals surface area (Å²) < 4.78 is 11.3. The molecule has 0 saturated carbocycles. The van der Waals surface area contributed by atoms with Crippen molar-refractivity contribution in [1.29, 1.82) is 0 Å². The molecule has 142 valence electrons. The minimum absolute atomic E-state index is 0.235. The van der Waals surface area contributed by atoms with Crippen molar-refractivity contribution < 1.29 is 13.6 Å². The van der Waals surface area contributed by atoms with Gasteiger partial charge in [-0.25, -0.2) is 0 Å². The Labute approximate surface area is 172 Å². The quantitative estimate of drug-likeness (QED) is 0.375. The molecule has 0 N–H and O–H groups in total. The van der Waals surface area contributed by atoms with Crippen molar-refractivity contribution in [2.24, 2.45) is 0 Å². The van der Waals surface area contributed by atoms with Crippen molar-refractivity contribution in [2.45, 2.75) is 20.0 Å². The van der Waals surface area contributed by atoms with Crippen LogP contribution in [0, 0.1) is 6.92 Å². The number of aryl methyl sites for hydroxylation is 1. The SMILES string of the molecule is Cc1c(C(=O)N(Cc2ccco2)Cc2ccccc2Cl)oc2ccc(Cl)cc12. The third-order valence-corrected chi connectivity index (χ3v) is 5.23. The fourth-order valence-electron chi connectivity index (χ4n) is 3.16. The molecule has 0 aliphatic heterocycles. The van der Waals surface area contributed by atoms with Gasteiger partial charge in [-0.2, -0.15) is 0 Å². The lowest BCUT2D eigenvalue weighted by Gasteiger charge is -2.21. The highest BCUT2D eigenvalue weighted by Crippen LogP contribution is 2.30. The Balaban J connectivity index is 1.72. The maximum atomic E-state index is 13.4. The highest BCUT2D eigenvalue weighted by atomic mass is 35.5. The van der Waals surface area contributed by atoms with Crippen LogP contribution in [0.5, 0.6) is 0 Å². The molecule has 2 aromatic carbocycles. The predicted octanol–water partition coefficient (Wildman–Crippen LogP) is 6.48. The summed E-state index contributed by atoms with van der Waals surface area (Å²) in [5.74, 6) is 0.731. The van der Waals surface area contributed by atoms with E-state index in [0.717, 1.165) is 16.5 Å². The molecule has 4 aromatic rings. The van der Waals surface area contributed by atoms with Crippen LogP contribution in [0.15, 0.2) is 69.7 Å². The van der Waals surface area contributed by atoms with Gasteiger partial charge in [-0.1, -0.05) is 41.4 Å². The first kappa shape index (κ1) is 18.7. The number of furan rings is 2. The van der Waals surface area contributed by atoms with Crippen LogP contribution in [0.3, 0.4) is 0 Å². The van der Waals surface area contributed by atoms with E-state index in [0.29, 0.717) is 34.5 Å². The Morgan fingerprint density at radius 2 is 1.86 bits per heavy atom.